The van der Waals surface area contributed by atoms with Gasteiger partial charge in [0.25, 0.3) is 5.91 Å². The van der Waals surface area contributed by atoms with E-state index in [1.54, 1.807) is 30.3 Å². The van der Waals surface area contributed by atoms with Gasteiger partial charge in [0, 0.05) is 28.2 Å². The van der Waals surface area contributed by atoms with E-state index in [2.05, 4.69) is 31.8 Å². The highest BCUT2D eigenvalue weighted by Crippen LogP contribution is 2.24. The number of anilines is 1. The van der Waals surface area contributed by atoms with Crippen LogP contribution in [0.2, 0.25) is 0 Å². The van der Waals surface area contributed by atoms with Crippen LogP contribution < -0.4 is 10.7 Å². The molecule has 0 atom stereocenters. The lowest BCUT2D eigenvalue weighted by Crippen LogP contribution is -2.17. The van der Waals surface area contributed by atoms with Crippen LogP contribution in [0, 0.1) is 0 Å². The molecule has 2 N–H and O–H groups in total. The van der Waals surface area contributed by atoms with Gasteiger partial charge in [0.05, 0.1) is 6.21 Å². The van der Waals surface area contributed by atoms with Gasteiger partial charge in [-0.3, -0.25) is 9.59 Å². The maximum atomic E-state index is 12.1. The Bertz CT molecular complexity index is 994. The Labute approximate surface area is 164 Å². The molecule has 3 rings (SSSR count). The van der Waals surface area contributed by atoms with Crippen molar-refractivity contribution in [3.63, 3.8) is 0 Å². The normalized spacial score (nSPS) is 10.7. The smallest absolute Gasteiger partial charge is 0.271 e. The van der Waals surface area contributed by atoms with E-state index >= 15 is 0 Å². The molecule has 0 radical (unpaired) electrons. The van der Waals surface area contributed by atoms with Crippen LogP contribution >= 0.6 is 15.9 Å². The van der Waals surface area contributed by atoms with E-state index < -0.39 is 0 Å². The molecule has 136 valence electrons. The molecule has 0 spiro atoms. The van der Waals surface area contributed by atoms with E-state index in [1.165, 1.54) is 13.1 Å². The topological polar surface area (TPSA) is 83.7 Å². The minimum atomic E-state index is -0.362. The molecule has 3 aromatic rings. The van der Waals surface area contributed by atoms with Crippen LogP contribution in [0.4, 0.5) is 5.69 Å². The largest absolute Gasteiger partial charge is 0.455 e. The van der Waals surface area contributed by atoms with Gasteiger partial charge in [-0.05, 0) is 48.5 Å². The summed E-state index contributed by atoms with van der Waals surface area (Å²) in [6.07, 6.45) is 1.44. The fourth-order valence-corrected chi connectivity index (χ4v) is 2.75. The summed E-state index contributed by atoms with van der Waals surface area (Å²) < 4.78 is 6.66. The molecule has 6 nitrogen and oxygen atoms in total. The lowest BCUT2D eigenvalue weighted by Gasteiger charge is -2.03. The molecule has 0 saturated heterocycles. The number of carbonyl (C=O) groups is 2. The zero-order valence-corrected chi connectivity index (χ0v) is 16.0. The summed E-state index contributed by atoms with van der Waals surface area (Å²) >= 11 is 3.43. The summed E-state index contributed by atoms with van der Waals surface area (Å²) in [7, 11) is 0. The predicted octanol–water partition coefficient (Wildman–Crippen LogP) is 4.43. The number of nitrogens with zero attached hydrogens (tertiary/aromatic N) is 1. The summed E-state index contributed by atoms with van der Waals surface area (Å²) in [6, 6.07) is 17.9. The van der Waals surface area contributed by atoms with Gasteiger partial charge in [-0.1, -0.05) is 28.1 Å². The quantitative estimate of drug-likeness (QED) is 0.468. The standard InChI is InChI=1S/C20H16BrN3O3/c1-13(25)23-17-7-5-14(6-8-17)20(26)24-22-12-18-9-10-19(27-18)15-3-2-4-16(21)11-15/h2-12H,1H3,(H,23,25)(H,24,26). The number of hydrogen-bond acceptors (Lipinski definition) is 4. The van der Waals surface area contributed by atoms with Crippen molar-refractivity contribution < 1.29 is 14.0 Å². The molecule has 0 aliphatic rings. The molecule has 2 amide bonds. The molecule has 0 aliphatic carbocycles. The molecular formula is C20H16BrN3O3. The average Bonchev–Trinajstić information content (AvgIpc) is 3.11. The number of benzene rings is 2. The van der Waals surface area contributed by atoms with Crippen molar-refractivity contribution in [3.05, 3.63) is 76.5 Å². The summed E-state index contributed by atoms with van der Waals surface area (Å²) in [4.78, 5) is 23.1. The van der Waals surface area contributed by atoms with Crippen LogP contribution in [0.1, 0.15) is 23.0 Å². The Morgan fingerprint density at radius 1 is 1.07 bits per heavy atom. The van der Waals surface area contributed by atoms with Crippen LogP contribution in [0.3, 0.4) is 0 Å². The Kier molecular flexibility index (Phi) is 5.83. The van der Waals surface area contributed by atoms with E-state index in [1.807, 2.05) is 30.3 Å². The third kappa shape index (κ3) is 5.15. The van der Waals surface area contributed by atoms with Crippen molar-refractivity contribution in [2.45, 2.75) is 6.92 Å². The second-order valence-corrected chi connectivity index (χ2v) is 6.59. The lowest BCUT2D eigenvalue weighted by molar-refractivity contribution is -0.114. The van der Waals surface area contributed by atoms with Crippen LogP contribution in [-0.4, -0.2) is 18.0 Å². The van der Waals surface area contributed by atoms with Crippen LogP contribution in [-0.2, 0) is 4.79 Å². The van der Waals surface area contributed by atoms with Crippen molar-refractivity contribution in [2.24, 2.45) is 5.10 Å². The van der Waals surface area contributed by atoms with E-state index in [4.69, 9.17) is 4.42 Å². The van der Waals surface area contributed by atoms with Gasteiger partial charge < -0.3 is 9.73 Å². The highest BCUT2D eigenvalue weighted by atomic mass is 79.9. The first-order valence-corrected chi connectivity index (χ1v) is 8.87. The van der Waals surface area contributed by atoms with Crippen molar-refractivity contribution in [3.8, 4) is 11.3 Å². The second kappa shape index (κ2) is 8.46. The van der Waals surface area contributed by atoms with Crippen LogP contribution in [0.25, 0.3) is 11.3 Å². The summed E-state index contributed by atoms with van der Waals surface area (Å²) in [5.41, 5.74) is 4.43. The molecule has 0 fully saturated rings. The first-order chi connectivity index (χ1) is 13.0. The van der Waals surface area contributed by atoms with Crippen LogP contribution in [0.5, 0.6) is 0 Å². The Balaban J connectivity index is 1.60. The van der Waals surface area contributed by atoms with Gasteiger partial charge in [-0.25, -0.2) is 5.43 Å². The fourth-order valence-electron chi connectivity index (χ4n) is 2.35. The van der Waals surface area contributed by atoms with Gasteiger partial charge in [0.1, 0.15) is 11.5 Å². The highest BCUT2D eigenvalue weighted by molar-refractivity contribution is 9.10. The zero-order chi connectivity index (χ0) is 19.2. The molecule has 0 unspecified atom stereocenters. The van der Waals surface area contributed by atoms with Gasteiger partial charge >= 0.3 is 0 Å². The molecule has 0 saturated carbocycles. The minimum absolute atomic E-state index is 0.169. The maximum Gasteiger partial charge on any atom is 0.271 e. The van der Waals surface area contributed by atoms with Gasteiger partial charge in [0.2, 0.25) is 5.91 Å². The molecule has 27 heavy (non-hydrogen) atoms. The van der Waals surface area contributed by atoms with Gasteiger partial charge in [-0.15, -0.1) is 0 Å². The second-order valence-electron chi connectivity index (χ2n) is 5.67. The molecule has 7 heteroatoms. The minimum Gasteiger partial charge on any atom is -0.455 e. The summed E-state index contributed by atoms with van der Waals surface area (Å²) in [5.74, 6) is 0.695. The number of halogens is 1. The third-order valence-electron chi connectivity index (χ3n) is 3.56. The van der Waals surface area contributed by atoms with Gasteiger partial charge in [0.15, 0.2) is 0 Å². The average molecular weight is 426 g/mol. The first-order valence-electron chi connectivity index (χ1n) is 8.08. The zero-order valence-electron chi connectivity index (χ0n) is 14.4. The van der Waals surface area contributed by atoms with E-state index in [0.29, 0.717) is 22.8 Å². The predicted molar refractivity (Wildman–Crippen MR) is 108 cm³/mol. The molecule has 2 aromatic carbocycles. The number of amides is 2. The molecule has 1 aromatic heterocycles. The molecule has 0 bridgehead atoms. The van der Waals surface area contributed by atoms with Gasteiger partial charge in [-0.2, -0.15) is 5.10 Å². The van der Waals surface area contributed by atoms with E-state index in [-0.39, 0.29) is 11.8 Å². The number of nitrogens with one attached hydrogen (secondary N) is 2. The number of hydrogen-bond donors (Lipinski definition) is 2. The fraction of sp³-hybridized carbons (Fsp3) is 0.0500. The Hall–Kier alpha value is -3.19. The Morgan fingerprint density at radius 3 is 2.56 bits per heavy atom. The first kappa shape index (κ1) is 18.6. The van der Waals surface area contributed by atoms with Crippen molar-refractivity contribution >= 4 is 39.6 Å². The number of carbonyl (C=O) groups excluding carboxylic acids is 2. The molecule has 1 heterocycles. The number of hydrazone groups is 1. The number of rotatable bonds is 5. The highest BCUT2D eigenvalue weighted by Gasteiger charge is 2.06. The summed E-state index contributed by atoms with van der Waals surface area (Å²) in [5, 5.41) is 6.56. The third-order valence-corrected chi connectivity index (χ3v) is 4.05. The van der Waals surface area contributed by atoms with E-state index in [9.17, 15) is 9.59 Å². The number of furan rings is 1. The van der Waals surface area contributed by atoms with Crippen LogP contribution in [0.15, 0.2) is 74.7 Å². The summed E-state index contributed by atoms with van der Waals surface area (Å²) in [6.45, 7) is 1.42. The lowest BCUT2D eigenvalue weighted by atomic mass is 10.2. The molecule has 0 aliphatic heterocycles. The van der Waals surface area contributed by atoms with E-state index in [0.717, 1.165) is 10.0 Å². The maximum absolute atomic E-state index is 12.1. The van der Waals surface area contributed by atoms with Crippen molar-refractivity contribution in [1.29, 1.82) is 0 Å². The monoisotopic (exact) mass is 425 g/mol. The van der Waals surface area contributed by atoms with Crippen molar-refractivity contribution in [2.75, 3.05) is 5.32 Å². The van der Waals surface area contributed by atoms with Crippen molar-refractivity contribution in [1.82, 2.24) is 5.43 Å². The molecular weight excluding hydrogens is 410 g/mol. The SMILES string of the molecule is CC(=O)Nc1ccc(C(=O)NN=Cc2ccc(-c3cccc(Br)c3)o2)cc1. The Morgan fingerprint density at radius 2 is 1.85 bits per heavy atom.